The summed E-state index contributed by atoms with van der Waals surface area (Å²) in [6, 6.07) is 11.9. The maximum Gasteiger partial charge on any atom is 0.123 e. The van der Waals surface area contributed by atoms with Gasteiger partial charge in [-0.1, -0.05) is 17.2 Å². The molecule has 1 aromatic carbocycles. The summed E-state index contributed by atoms with van der Waals surface area (Å²) in [5.41, 5.74) is 3.32. The summed E-state index contributed by atoms with van der Waals surface area (Å²) in [4.78, 5) is 4.15. The smallest absolute Gasteiger partial charge is 0.123 e. The van der Waals surface area contributed by atoms with Crippen LogP contribution in [0.4, 0.5) is 4.39 Å². The van der Waals surface area contributed by atoms with Gasteiger partial charge in [0.05, 0.1) is 12.2 Å². The number of benzene rings is 1. The molecular weight excluding hydrogens is 291 g/mol. The van der Waals surface area contributed by atoms with Crippen molar-refractivity contribution in [2.75, 3.05) is 0 Å². The van der Waals surface area contributed by atoms with E-state index in [4.69, 9.17) is 0 Å². The van der Waals surface area contributed by atoms with Gasteiger partial charge in [0, 0.05) is 18.2 Å². The highest BCUT2D eigenvalue weighted by Gasteiger charge is 2.10. The van der Waals surface area contributed by atoms with E-state index >= 15 is 0 Å². The van der Waals surface area contributed by atoms with Crippen LogP contribution in [0.1, 0.15) is 17.8 Å². The lowest BCUT2D eigenvalue weighted by atomic mass is 10.1. The molecule has 0 aliphatic heterocycles. The fourth-order valence-electron chi connectivity index (χ4n) is 2.20. The Hall–Kier alpha value is -3.00. The average Bonchev–Trinajstić information content (AvgIpc) is 2.94. The van der Waals surface area contributed by atoms with Crippen LogP contribution in [0.3, 0.4) is 0 Å². The second kappa shape index (κ2) is 6.84. The van der Waals surface area contributed by atoms with E-state index in [9.17, 15) is 4.39 Å². The average molecular weight is 306 g/mol. The monoisotopic (exact) mass is 306 g/mol. The molecule has 0 amide bonds. The SMILES string of the molecule is Cc1c(-c2ccc(F)cc2)nnn1CCC#Cc1ccccn1. The van der Waals surface area contributed by atoms with Crippen molar-refractivity contribution in [2.45, 2.75) is 19.9 Å². The fourth-order valence-corrected chi connectivity index (χ4v) is 2.20. The van der Waals surface area contributed by atoms with Crippen molar-refractivity contribution in [1.82, 2.24) is 20.0 Å². The predicted octanol–water partition coefficient (Wildman–Crippen LogP) is 3.23. The van der Waals surface area contributed by atoms with Gasteiger partial charge in [0.15, 0.2) is 0 Å². The Bertz CT molecular complexity index is 842. The van der Waals surface area contributed by atoms with Crippen molar-refractivity contribution in [1.29, 1.82) is 0 Å². The summed E-state index contributed by atoms with van der Waals surface area (Å²) in [7, 11) is 0. The Morgan fingerprint density at radius 2 is 1.96 bits per heavy atom. The van der Waals surface area contributed by atoms with Crippen LogP contribution >= 0.6 is 0 Å². The lowest BCUT2D eigenvalue weighted by Crippen LogP contribution is -2.02. The molecule has 23 heavy (non-hydrogen) atoms. The van der Waals surface area contributed by atoms with Gasteiger partial charge in [-0.3, -0.25) is 0 Å². The van der Waals surface area contributed by atoms with Crippen molar-refractivity contribution in [3.8, 4) is 23.1 Å². The van der Waals surface area contributed by atoms with Crippen LogP contribution in [0.5, 0.6) is 0 Å². The highest BCUT2D eigenvalue weighted by Crippen LogP contribution is 2.20. The van der Waals surface area contributed by atoms with Crippen molar-refractivity contribution in [3.05, 3.63) is 65.9 Å². The van der Waals surface area contributed by atoms with E-state index in [-0.39, 0.29) is 5.82 Å². The number of aryl methyl sites for hydroxylation is 1. The van der Waals surface area contributed by atoms with Crippen molar-refractivity contribution < 1.29 is 4.39 Å². The third-order valence-corrected chi connectivity index (χ3v) is 3.43. The molecule has 0 N–H and O–H groups in total. The van der Waals surface area contributed by atoms with Gasteiger partial charge in [0.25, 0.3) is 0 Å². The van der Waals surface area contributed by atoms with Gasteiger partial charge in [-0.05, 0) is 49.2 Å². The molecular formula is C18H15FN4. The normalized spacial score (nSPS) is 10.2. The fraction of sp³-hybridized carbons (Fsp3) is 0.167. The Labute approximate surface area is 134 Å². The van der Waals surface area contributed by atoms with Crippen LogP contribution in [0.15, 0.2) is 48.7 Å². The summed E-state index contributed by atoms with van der Waals surface area (Å²) in [6.07, 6.45) is 2.38. The lowest BCUT2D eigenvalue weighted by molar-refractivity contribution is 0.587. The molecule has 0 aliphatic rings. The molecule has 0 radical (unpaired) electrons. The predicted molar refractivity (Wildman–Crippen MR) is 85.9 cm³/mol. The summed E-state index contributed by atoms with van der Waals surface area (Å²) >= 11 is 0. The summed E-state index contributed by atoms with van der Waals surface area (Å²) < 4.78 is 14.8. The third-order valence-electron chi connectivity index (χ3n) is 3.43. The highest BCUT2D eigenvalue weighted by atomic mass is 19.1. The molecule has 0 saturated heterocycles. The van der Waals surface area contributed by atoms with Gasteiger partial charge in [-0.15, -0.1) is 5.10 Å². The number of rotatable bonds is 3. The van der Waals surface area contributed by atoms with Crippen LogP contribution in [0.25, 0.3) is 11.3 Å². The maximum absolute atomic E-state index is 13.0. The zero-order chi connectivity index (χ0) is 16.1. The van der Waals surface area contributed by atoms with Crippen molar-refractivity contribution in [3.63, 3.8) is 0 Å². The molecule has 2 aromatic heterocycles. The van der Waals surface area contributed by atoms with Gasteiger partial charge < -0.3 is 0 Å². The van der Waals surface area contributed by atoms with Crippen LogP contribution in [-0.4, -0.2) is 20.0 Å². The summed E-state index contributed by atoms with van der Waals surface area (Å²) in [5, 5.41) is 8.33. The molecule has 114 valence electrons. The zero-order valence-electron chi connectivity index (χ0n) is 12.7. The number of hydrogen-bond acceptors (Lipinski definition) is 3. The largest absolute Gasteiger partial charge is 0.248 e. The molecule has 0 unspecified atom stereocenters. The number of aromatic nitrogens is 4. The number of nitrogens with zero attached hydrogens (tertiary/aromatic N) is 4. The molecule has 0 spiro atoms. The number of hydrogen-bond donors (Lipinski definition) is 0. The standard InChI is InChI=1S/C18H15FN4/c1-14-18(15-8-10-16(19)11-9-15)21-22-23(14)13-5-3-7-17-6-2-4-12-20-17/h2,4,6,8-12H,5,13H2,1H3. The van der Waals surface area contributed by atoms with Crippen molar-refractivity contribution >= 4 is 0 Å². The van der Waals surface area contributed by atoms with E-state index in [1.54, 1.807) is 18.3 Å². The van der Waals surface area contributed by atoms with Crippen LogP contribution < -0.4 is 0 Å². The molecule has 3 rings (SSSR count). The molecule has 4 nitrogen and oxygen atoms in total. The van der Waals surface area contributed by atoms with Crippen LogP contribution in [0.2, 0.25) is 0 Å². The summed E-state index contributed by atoms with van der Waals surface area (Å²) in [5.74, 6) is 5.84. The van der Waals surface area contributed by atoms with Gasteiger partial charge >= 0.3 is 0 Å². The Morgan fingerprint density at radius 3 is 2.70 bits per heavy atom. The van der Waals surface area contributed by atoms with E-state index in [1.165, 1.54) is 12.1 Å². The number of halogens is 1. The van der Waals surface area contributed by atoms with E-state index < -0.39 is 0 Å². The highest BCUT2D eigenvalue weighted by molar-refractivity contribution is 5.60. The number of pyridine rings is 1. The first kappa shape index (κ1) is 14.9. The van der Waals surface area contributed by atoms with E-state index in [2.05, 4.69) is 27.1 Å². The van der Waals surface area contributed by atoms with Crippen LogP contribution in [0, 0.1) is 24.6 Å². The van der Waals surface area contributed by atoms with Crippen molar-refractivity contribution in [2.24, 2.45) is 0 Å². The molecule has 5 heteroatoms. The molecule has 0 aliphatic carbocycles. The molecule has 2 heterocycles. The van der Waals surface area contributed by atoms with Gasteiger partial charge in [0.1, 0.15) is 17.2 Å². The molecule has 0 fully saturated rings. The zero-order valence-corrected chi connectivity index (χ0v) is 12.7. The second-order valence-electron chi connectivity index (χ2n) is 5.02. The first-order valence-corrected chi connectivity index (χ1v) is 7.30. The Morgan fingerprint density at radius 1 is 1.13 bits per heavy atom. The molecule has 0 saturated carbocycles. The molecule has 0 atom stereocenters. The Balaban J connectivity index is 1.68. The van der Waals surface area contributed by atoms with E-state index in [0.29, 0.717) is 13.0 Å². The minimum Gasteiger partial charge on any atom is -0.248 e. The second-order valence-corrected chi connectivity index (χ2v) is 5.02. The van der Waals surface area contributed by atoms with Crippen LogP contribution in [-0.2, 0) is 6.54 Å². The van der Waals surface area contributed by atoms with E-state index in [1.807, 2.05) is 29.8 Å². The maximum atomic E-state index is 13.0. The minimum absolute atomic E-state index is 0.261. The first-order chi connectivity index (χ1) is 11.2. The van der Waals surface area contributed by atoms with E-state index in [0.717, 1.165) is 22.6 Å². The molecule has 0 bridgehead atoms. The molecule has 3 aromatic rings. The third kappa shape index (κ3) is 3.61. The first-order valence-electron chi connectivity index (χ1n) is 7.30. The lowest BCUT2D eigenvalue weighted by Gasteiger charge is -2.01. The quantitative estimate of drug-likeness (QED) is 0.698. The van der Waals surface area contributed by atoms with Gasteiger partial charge in [-0.25, -0.2) is 14.1 Å². The van der Waals surface area contributed by atoms with Gasteiger partial charge in [-0.2, -0.15) is 0 Å². The topological polar surface area (TPSA) is 43.6 Å². The summed E-state index contributed by atoms with van der Waals surface area (Å²) in [6.45, 7) is 2.60. The van der Waals surface area contributed by atoms with Gasteiger partial charge in [0.2, 0.25) is 0 Å². The Kier molecular flexibility index (Phi) is 4.44. The minimum atomic E-state index is -0.261.